The van der Waals surface area contributed by atoms with Crippen LogP contribution in [-0.2, 0) is 11.2 Å². The number of aliphatic hydroxyl groups is 2. The standard InChI is InChI=1S/C14H21NO5/c1-15-6-5-11(16)14(19)10-7-9(8-13(17)18)3-4-12(10)20-2/h3-4,7,11,14-16,19H,5-6,8H2,1-2H3,(H,17,18). The number of benzene rings is 1. The average molecular weight is 283 g/mol. The van der Waals surface area contributed by atoms with Crippen molar-refractivity contribution in [3.63, 3.8) is 0 Å². The number of aliphatic hydroxyl groups excluding tert-OH is 2. The number of rotatable bonds is 8. The van der Waals surface area contributed by atoms with E-state index in [1.54, 1.807) is 25.2 Å². The molecule has 0 aliphatic rings. The molecule has 1 rings (SSSR count). The Morgan fingerprint density at radius 3 is 2.65 bits per heavy atom. The fourth-order valence-corrected chi connectivity index (χ4v) is 1.96. The maximum Gasteiger partial charge on any atom is 0.307 e. The smallest absolute Gasteiger partial charge is 0.307 e. The van der Waals surface area contributed by atoms with Crippen molar-refractivity contribution < 1.29 is 24.9 Å². The zero-order chi connectivity index (χ0) is 15.1. The van der Waals surface area contributed by atoms with Crippen molar-refractivity contribution >= 4 is 5.97 Å². The number of carboxylic acids is 1. The van der Waals surface area contributed by atoms with Crippen molar-refractivity contribution in [2.45, 2.75) is 25.0 Å². The van der Waals surface area contributed by atoms with Gasteiger partial charge in [0.15, 0.2) is 0 Å². The lowest BCUT2D eigenvalue weighted by Crippen LogP contribution is -2.23. The number of ether oxygens (including phenoxy) is 1. The van der Waals surface area contributed by atoms with Gasteiger partial charge in [-0.25, -0.2) is 0 Å². The third-order valence-electron chi connectivity index (χ3n) is 3.02. The van der Waals surface area contributed by atoms with Crippen molar-refractivity contribution in [2.75, 3.05) is 20.7 Å². The van der Waals surface area contributed by atoms with Gasteiger partial charge in [0.1, 0.15) is 11.9 Å². The van der Waals surface area contributed by atoms with E-state index in [2.05, 4.69) is 5.32 Å². The molecule has 6 heteroatoms. The van der Waals surface area contributed by atoms with E-state index < -0.39 is 18.2 Å². The number of nitrogens with one attached hydrogen (secondary N) is 1. The van der Waals surface area contributed by atoms with Crippen LogP contribution in [0.5, 0.6) is 5.75 Å². The summed E-state index contributed by atoms with van der Waals surface area (Å²) >= 11 is 0. The molecule has 0 radical (unpaired) electrons. The predicted molar refractivity (Wildman–Crippen MR) is 73.8 cm³/mol. The molecule has 0 bridgehead atoms. The molecule has 6 nitrogen and oxygen atoms in total. The zero-order valence-electron chi connectivity index (χ0n) is 11.7. The lowest BCUT2D eigenvalue weighted by atomic mass is 9.98. The highest BCUT2D eigenvalue weighted by atomic mass is 16.5. The second kappa shape index (κ2) is 7.84. The maximum absolute atomic E-state index is 10.7. The average Bonchev–Trinajstić information content (AvgIpc) is 2.43. The van der Waals surface area contributed by atoms with Gasteiger partial charge in [-0.1, -0.05) is 6.07 Å². The van der Waals surface area contributed by atoms with E-state index in [-0.39, 0.29) is 6.42 Å². The molecule has 0 saturated heterocycles. The van der Waals surface area contributed by atoms with Gasteiger partial charge in [0, 0.05) is 5.56 Å². The van der Waals surface area contributed by atoms with Gasteiger partial charge in [0.2, 0.25) is 0 Å². The summed E-state index contributed by atoms with van der Waals surface area (Å²) in [4.78, 5) is 10.7. The molecular weight excluding hydrogens is 262 g/mol. The van der Waals surface area contributed by atoms with E-state index >= 15 is 0 Å². The minimum absolute atomic E-state index is 0.143. The minimum atomic E-state index is -1.12. The number of aliphatic carboxylic acids is 1. The predicted octanol–water partition coefficient (Wildman–Crippen LogP) is 0.326. The van der Waals surface area contributed by atoms with Gasteiger partial charge < -0.3 is 25.4 Å². The number of carbonyl (C=O) groups is 1. The zero-order valence-corrected chi connectivity index (χ0v) is 11.7. The Labute approximate surface area is 118 Å². The molecule has 4 N–H and O–H groups in total. The largest absolute Gasteiger partial charge is 0.496 e. The molecule has 2 atom stereocenters. The van der Waals surface area contributed by atoms with Crippen LogP contribution >= 0.6 is 0 Å². The SMILES string of the molecule is CNCCC(O)C(O)c1cc(CC(=O)O)ccc1OC. The summed E-state index contributed by atoms with van der Waals surface area (Å²) in [6, 6.07) is 4.78. The van der Waals surface area contributed by atoms with Gasteiger partial charge in [-0.2, -0.15) is 0 Å². The second-order valence-electron chi connectivity index (χ2n) is 4.55. The van der Waals surface area contributed by atoms with Crippen molar-refractivity contribution in [1.29, 1.82) is 0 Å². The molecular formula is C14H21NO5. The minimum Gasteiger partial charge on any atom is -0.496 e. The number of methoxy groups -OCH3 is 1. The molecule has 0 aromatic heterocycles. The van der Waals surface area contributed by atoms with Crippen molar-refractivity contribution in [3.8, 4) is 5.75 Å². The van der Waals surface area contributed by atoms with Crippen LogP contribution in [0.25, 0.3) is 0 Å². The number of hydrogen-bond donors (Lipinski definition) is 4. The van der Waals surface area contributed by atoms with Gasteiger partial charge in [0.05, 0.1) is 19.6 Å². The normalized spacial score (nSPS) is 13.8. The Hall–Kier alpha value is -1.63. The van der Waals surface area contributed by atoms with Gasteiger partial charge in [-0.15, -0.1) is 0 Å². The highest BCUT2D eigenvalue weighted by Crippen LogP contribution is 2.29. The molecule has 1 aromatic rings. The molecule has 1 aromatic carbocycles. The number of hydrogen-bond acceptors (Lipinski definition) is 5. The summed E-state index contributed by atoms with van der Waals surface area (Å²) in [6.45, 7) is 0.565. The fraction of sp³-hybridized carbons (Fsp3) is 0.500. The van der Waals surface area contributed by atoms with E-state index in [4.69, 9.17) is 9.84 Å². The quantitative estimate of drug-likeness (QED) is 0.548. The van der Waals surface area contributed by atoms with Crippen LogP contribution in [0.4, 0.5) is 0 Å². The van der Waals surface area contributed by atoms with Crippen LogP contribution in [-0.4, -0.2) is 48.1 Å². The first-order valence-electron chi connectivity index (χ1n) is 6.39. The molecule has 0 spiro atoms. The van der Waals surface area contributed by atoms with Crippen LogP contribution in [0.3, 0.4) is 0 Å². The maximum atomic E-state index is 10.7. The Kier molecular flexibility index (Phi) is 6.44. The summed E-state index contributed by atoms with van der Waals surface area (Å²) in [7, 11) is 3.22. The Morgan fingerprint density at radius 2 is 2.10 bits per heavy atom. The highest BCUT2D eigenvalue weighted by Gasteiger charge is 2.22. The summed E-state index contributed by atoms with van der Waals surface area (Å²) < 4.78 is 5.15. The summed E-state index contributed by atoms with van der Waals surface area (Å²) in [5.74, 6) is -0.526. The highest BCUT2D eigenvalue weighted by molar-refractivity contribution is 5.70. The Morgan fingerprint density at radius 1 is 1.40 bits per heavy atom. The van der Waals surface area contributed by atoms with Crippen LogP contribution in [0, 0.1) is 0 Å². The van der Waals surface area contributed by atoms with Crippen LogP contribution in [0.15, 0.2) is 18.2 Å². The van der Waals surface area contributed by atoms with Crippen molar-refractivity contribution in [3.05, 3.63) is 29.3 Å². The van der Waals surface area contributed by atoms with Gasteiger partial charge >= 0.3 is 5.97 Å². The third-order valence-corrected chi connectivity index (χ3v) is 3.02. The molecule has 20 heavy (non-hydrogen) atoms. The summed E-state index contributed by atoms with van der Waals surface area (Å²) in [5.41, 5.74) is 0.947. The molecule has 0 saturated carbocycles. The molecule has 0 aliphatic heterocycles. The van der Waals surface area contributed by atoms with Gasteiger partial charge in [0.25, 0.3) is 0 Å². The molecule has 0 heterocycles. The molecule has 2 unspecified atom stereocenters. The van der Waals surface area contributed by atoms with Crippen molar-refractivity contribution in [2.24, 2.45) is 0 Å². The topological polar surface area (TPSA) is 99.0 Å². The van der Waals surface area contributed by atoms with Crippen LogP contribution in [0.1, 0.15) is 23.7 Å². The van der Waals surface area contributed by atoms with Gasteiger partial charge in [-0.3, -0.25) is 4.79 Å². The van der Waals surface area contributed by atoms with E-state index in [0.29, 0.717) is 29.8 Å². The second-order valence-corrected chi connectivity index (χ2v) is 4.55. The molecule has 112 valence electrons. The monoisotopic (exact) mass is 283 g/mol. The van der Waals surface area contributed by atoms with E-state index in [0.717, 1.165) is 0 Å². The lowest BCUT2D eigenvalue weighted by molar-refractivity contribution is -0.136. The first-order valence-corrected chi connectivity index (χ1v) is 6.39. The first-order chi connectivity index (χ1) is 9.49. The van der Waals surface area contributed by atoms with Crippen molar-refractivity contribution in [1.82, 2.24) is 5.32 Å². The Bertz CT molecular complexity index is 449. The summed E-state index contributed by atoms with van der Waals surface area (Å²) in [5, 5.41) is 31.8. The fourth-order valence-electron chi connectivity index (χ4n) is 1.96. The van der Waals surface area contributed by atoms with E-state index in [9.17, 15) is 15.0 Å². The molecule has 0 amide bonds. The summed E-state index contributed by atoms with van der Waals surface area (Å²) in [6.07, 6.45) is -1.83. The lowest BCUT2D eigenvalue weighted by Gasteiger charge is -2.21. The molecule has 0 aliphatic carbocycles. The van der Waals surface area contributed by atoms with E-state index in [1.165, 1.54) is 7.11 Å². The third kappa shape index (κ3) is 4.48. The van der Waals surface area contributed by atoms with E-state index in [1.807, 2.05) is 0 Å². The van der Waals surface area contributed by atoms with Crippen LogP contribution in [0.2, 0.25) is 0 Å². The van der Waals surface area contributed by atoms with Crippen LogP contribution < -0.4 is 10.1 Å². The first kappa shape index (κ1) is 16.4. The van der Waals surface area contributed by atoms with Gasteiger partial charge in [-0.05, 0) is 37.7 Å². The number of carboxylic acid groups (broad SMARTS) is 1. The Balaban J connectivity index is 2.96. The molecule has 0 fully saturated rings.